The molecule has 1 amide bonds. The molecule has 1 aliphatic heterocycles. The minimum atomic E-state index is -0.850. The number of carbonyl (C=O) groups excluding carboxylic acids is 1. The van der Waals surface area contributed by atoms with E-state index in [1.54, 1.807) is 17.9 Å². The maximum Gasteiger partial charge on any atom is 0.320 e. The fourth-order valence-corrected chi connectivity index (χ4v) is 3.57. The minimum Gasteiger partial charge on any atom is -0.480 e. The number of nitrogens with zero attached hydrogens (tertiary/aromatic N) is 2. The fraction of sp³-hybridized carbons (Fsp3) is 0.500. The van der Waals surface area contributed by atoms with Gasteiger partial charge < -0.3 is 10.0 Å². The van der Waals surface area contributed by atoms with Gasteiger partial charge in [-0.3, -0.25) is 14.5 Å². The Labute approximate surface area is 130 Å². The maximum absolute atomic E-state index is 12.3. The van der Waals surface area contributed by atoms with Gasteiger partial charge in [-0.15, -0.1) is 11.3 Å². The van der Waals surface area contributed by atoms with Gasteiger partial charge in [0.1, 0.15) is 10.4 Å². The summed E-state index contributed by atoms with van der Waals surface area (Å²) < 4.78 is 0.873. The summed E-state index contributed by atoms with van der Waals surface area (Å²) in [5.74, 6) is -1.00. The summed E-state index contributed by atoms with van der Waals surface area (Å²) in [6.07, 6.45) is 0. The molecular formula is C12H14Cl2N2O3S. The van der Waals surface area contributed by atoms with Gasteiger partial charge in [0.25, 0.3) is 5.91 Å². The molecule has 2 rings (SSSR count). The number of carboxylic acid groups (broad SMARTS) is 1. The Morgan fingerprint density at radius 3 is 2.35 bits per heavy atom. The number of thiophene rings is 1. The molecule has 1 saturated heterocycles. The first-order valence-electron chi connectivity index (χ1n) is 6.11. The number of hydrogen-bond acceptors (Lipinski definition) is 4. The Kier molecular flexibility index (Phi) is 4.90. The van der Waals surface area contributed by atoms with Crippen molar-refractivity contribution in [3.63, 3.8) is 0 Å². The molecular weight excluding hydrogens is 323 g/mol. The van der Waals surface area contributed by atoms with Crippen LogP contribution in [0.5, 0.6) is 0 Å². The third-order valence-corrected chi connectivity index (χ3v) is 4.88. The Balaban J connectivity index is 1.99. The van der Waals surface area contributed by atoms with Crippen LogP contribution in [0.2, 0.25) is 8.67 Å². The zero-order chi connectivity index (χ0) is 14.9. The summed E-state index contributed by atoms with van der Waals surface area (Å²) in [6.45, 7) is 3.69. The van der Waals surface area contributed by atoms with Crippen LogP contribution in [-0.4, -0.2) is 59.0 Å². The van der Waals surface area contributed by atoms with E-state index < -0.39 is 12.0 Å². The fourth-order valence-electron chi connectivity index (χ4n) is 2.12. The van der Waals surface area contributed by atoms with Crippen LogP contribution < -0.4 is 0 Å². The summed E-state index contributed by atoms with van der Waals surface area (Å²) in [4.78, 5) is 26.7. The van der Waals surface area contributed by atoms with Crippen molar-refractivity contribution in [2.24, 2.45) is 0 Å². The molecule has 1 aromatic rings. The molecule has 5 nitrogen and oxygen atoms in total. The Hall–Kier alpha value is -0.820. The van der Waals surface area contributed by atoms with Crippen molar-refractivity contribution in [1.82, 2.24) is 9.80 Å². The van der Waals surface area contributed by atoms with E-state index in [1.807, 2.05) is 4.90 Å². The predicted molar refractivity (Wildman–Crippen MR) is 78.9 cm³/mol. The lowest BCUT2D eigenvalue weighted by atomic mass is 10.2. The Morgan fingerprint density at radius 2 is 1.90 bits per heavy atom. The first-order valence-corrected chi connectivity index (χ1v) is 7.68. The topological polar surface area (TPSA) is 60.9 Å². The van der Waals surface area contributed by atoms with Crippen LogP contribution in [-0.2, 0) is 4.79 Å². The molecule has 1 aromatic heterocycles. The third kappa shape index (κ3) is 3.25. The van der Waals surface area contributed by atoms with E-state index in [2.05, 4.69) is 0 Å². The second-order valence-electron chi connectivity index (χ2n) is 4.58. The second-order valence-corrected chi connectivity index (χ2v) is 6.87. The van der Waals surface area contributed by atoms with Crippen LogP contribution in [0, 0.1) is 0 Å². The molecule has 2 heterocycles. The molecule has 1 unspecified atom stereocenters. The number of hydrogen-bond donors (Lipinski definition) is 1. The molecule has 1 atom stereocenters. The van der Waals surface area contributed by atoms with Gasteiger partial charge in [-0.25, -0.2) is 0 Å². The molecule has 20 heavy (non-hydrogen) atoms. The van der Waals surface area contributed by atoms with Gasteiger partial charge in [-0.2, -0.15) is 0 Å². The zero-order valence-electron chi connectivity index (χ0n) is 10.8. The number of piperazine rings is 1. The van der Waals surface area contributed by atoms with Gasteiger partial charge in [0.2, 0.25) is 0 Å². The van der Waals surface area contributed by atoms with Gasteiger partial charge >= 0.3 is 5.97 Å². The largest absolute Gasteiger partial charge is 0.480 e. The maximum atomic E-state index is 12.3. The van der Waals surface area contributed by atoms with Crippen LogP contribution in [0.25, 0.3) is 0 Å². The zero-order valence-corrected chi connectivity index (χ0v) is 13.1. The van der Waals surface area contributed by atoms with Crippen molar-refractivity contribution in [3.05, 3.63) is 20.3 Å². The number of aliphatic carboxylic acids is 1. The number of amides is 1. The molecule has 0 radical (unpaired) electrons. The van der Waals surface area contributed by atoms with E-state index in [1.165, 1.54) is 11.3 Å². The lowest BCUT2D eigenvalue weighted by Crippen LogP contribution is -2.53. The average Bonchev–Trinajstić information content (AvgIpc) is 2.76. The van der Waals surface area contributed by atoms with Crippen LogP contribution in [0.15, 0.2) is 6.07 Å². The van der Waals surface area contributed by atoms with E-state index in [-0.39, 0.29) is 5.91 Å². The van der Waals surface area contributed by atoms with E-state index >= 15 is 0 Å². The van der Waals surface area contributed by atoms with Crippen LogP contribution >= 0.6 is 34.5 Å². The normalized spacial score (nSPS) is 18.1. The van der Waals surface area contributed by atoms with Crippen LogP contribution in [0.1, 0.15) is 17.3 Å². The second kappa shape index (κ2) is 6.30. The molecule has 0 bridgehead atoms. The summed E-state index contributed by atoms with van der Waals surface area (Å²) in [5, 5.41) is 8.97. The number of carbonyl (C=O) groups is 2. The third-order valence-electron chi connectivity index (χ3n) is 3.39. The van der Waals surface area contributed by atoms with Crippen molar-refractivity contribution in [3.8, 4) is 0 Å². The van der Waals surface area contributed by atoms with E-state index in [0.717, 1.165) is 0 Å². The summed E-state index contributed by atoms with van der Waals surface area (Å²) >= 11 is 13.0. The first-order chi connectivity index (χ1) is 9.40. The molecule has 8 heteroatoms. The molecule has 1 aliphatic rings. The van der Waals surface area contributed by atoms with Crippen LogP contribution in [0.4, 0.5) is 0 Å². The first kappa shape index (κ1) is 15.6. The van der Waals surface area contributed by atoms with E-state index in [4.69, 9.17) is 28.3 Å². The molecule has 1 N–H and O–H groups in total. The van der Waals surface area contributed by atoms with Crippen LogP contribution in [0.3, 0.4) is 0 Å². The van der Waals surface area contributed by atoms with Gasteiger partial charge in [0.15, 0.2) is 0 Å². The lowest BCUT2D eigenvalue weighted by molar-refractivity contribution is -0.143. The van der Waals surface area contributed by atoms with E-state index in [0.29, 0.717) is 40.4 Å². The number of carboxylic acids is 1. The standard InChI is InChI=1S/C12H14Cl2N2O3S/c1-7(12(18)19)15-2-4-16(5-3-15)11(17)8-6-9(13)20-10(8)14/h6-7H,2-5H2,1H3,(H,18,19). The molecule has 0 aromatic carbocycles. The summed E-state index contributed by atoms with van der Waals surface area (Å²) in [6, 6.07) is 1.04. The SMILES string of the molecule is CC(C(=O)O)N1CCN(C(=O)c2cc(Cl)sc2Cl)CC1. The molecule has 110 valence electrons. The Bertz CT molecular complexity index is 527. The summed E-state index contributed by atoms with van der Waals surface area (Å²) in [5.41, 5.74) is 0.418. The average molecular weight is 337 g/mol. The van der Waals surface area contributed by atoms with Gasteiger partial charge in [0.05, 0.1) is 9.90 Å². The molecule has 1 fully saturated rings. The van der Waals surface area contributed by atoms with Crippen molar-refractivity contribution in [2.75, 3.05) is 26.2 Å². The smallest absolute Gasteiger partial charge is 0.320 e. The number of halogens is 2. The van der Waals surface area contributed by atoms with Crippen molar-refractivity contribution in [1.29, 1.82) is 0 Å². The monoisotopic (exact) mass is 336 g/mol. The quantitative estimate of drug-likeness (QED) is 0.919. The molecule has 0 saturated carbocycles. The lowest BCUT2D eigenvalue weighted by Gasteiger charge is -2.36. The van der Waals surface area contributed by atoms with Gasteiger partial charge in [-0.05, 0) is 13.0 Å². The van der Waals surface area contributed by atoms with Crippen molar-refractivity contribution >= 4 is 46.4 Å². The number of rotatable bonds is 3. The van der Waals surface area contributed by atoms with Gasteiger partial charge in [0, 0.05) is 26.2 Å². The van der Waals surface area contributed by atoms with Crippen molar-refractivity contribution in [2.45, 2.75) is 13.0 Å². The highest BCUT2D eigenvalue weighted by molar-refractivity contribution is 7.20. The minimum absolute atomic E-state index is 0.152. The highest BCUT2D eigenvalue weighted by atomic mass is 35.5. The van der Waals surface area contributed by atoms with Gasteiger partial charge in [-0.1, -0.05) is 23.2 Å². The molecule has 0 spiro atoms. The summed E-state index contributed by atoms with van der Waals surface area (Å²) in [7, 11) is 0. The van der Waals surface area contributed by atoms with E-state index in [9.17, 15) is 9.59 Å². The Morgan fingerprint density at radius 1 is 1.30 bits per heavy atom. The predicted octanol–water partition coefficient (Wildman–Crippen LogP) is 2.29. The highest BCUT2D eigenvalue weighted by Gasteiger charge is 2.28. The van der Waals surface area contributed by atoms with Crippen molar-refractivity contribution < 1.29 is 14.7 Å². The highest BCUT2D eigenvalue weighted by Crippen LogP contribution is 2.32. The molecule has 0 aliphatic carbocycles.